The summed E-state index contributed by atoms with van der Waals surface area (Å²) in [6.45, 7) is 4.74. The van der Waals surface area contributed by atoms with Gasteiger partial charge >= 0.3 is 0 Å². The highest BCUT2D eigenvalue weighted by molar-refractivity contribution is 9.10. The molecule has 0 amide bonds. The maximum Gasteiger partial charge on any atom is 0.176 e. The summed E-state index contributed by atoms with van der Waals surface area (Å²) in [6.07, 6.45) is 1.86. The Kier molecular flexibility index (Phi) is 7.57. The van der Waals surface area contributed by atoms with Crippen LogP contribution < -0.4 is 10.6 Å². The fourth-order valence-corrected chi connectivity index (χ4v) is 4.50. The highest BCUT2D eigenvalue weighted by Gasteiger charge is 2.16. The number of halogens is 4. The highest BCUT2D eigenvalue weighted by Crippen LogP contribution is 2.25. The molecule has 34 heavy (non-hydrogen) atoms. The van der Waals surface area contributed by atoms with Gasteiger partial charge in [-0.05, 0) is 71.3 Å². The second kappa shape index (κ2) is 10.4. The number of nitrogens with zero attached hydrogens (tertiary/aromatic N) is 4. The molecule has 0 unspecified atom stereocenters. The first kappa shape index (κ1) is 24.7. The van der Waals surface area contributed by atoms with Crippen LogP contribution in [0.1, 0.15) is 22.5 Å². The third-order valence-electron chi connectivity index (χ3n) is 5.19. The maximum atomic E-state index is 13.4. The van der Waals surface area contributed by atoms with Crippen LogP contribution in [0.2, 0.25) is 10.0 Å². The van der Waals surface area contributed by atoms with Gasteiger partial charge in [-0.1, -0.05) is 47.5 Å². The molecule has 0 spiro atoms. The van der Waals surface area contributed by atoms with Gasteiger partial charge in [-0.25, -0.2) is 4.39 Å². The average Bonchev–Trinajstić information content (AvgIpc) is 3.25. The molecule has 0 radical (unpaired) electrons. The van der Waals surface area contributed by atoms with Gasteiger partial charge < -0.3 is 10.6 Å². The van der Waals surface area contributed by atoms with Crippen molar-refractivity contribution in [3.8, 4) is 0 Å². The molecule has 4 aromatic rings. The summed E-state index contributed by atoms with van der Waals surface area (Å²) in [5.74, 6) is 0.201. The third kappa shape index (κ3) is 5.60. The summed E-state index contributed by atoms with van der Waals surface area (Å²) in [4.78, 5) is 0. The Morgan fingerprint density at radius 1 is 1.03 bits per heavy atom. The molecule has 0 aliphatic carbocycles. The number of benzene rings is 2. The summed E-state index contributed by atoms with van der Waals surface area (Å²) in [6, 6.07) is 12.0. The Morgan fingerprint density at radius 3 is 2.50 bits per heavy atom. The number of rotatable bonds is 6. The number of anilines is 2. The molecular weight excluding hydrogens is 562 g/mol. The summed E-state index contributed by atoms with van der Waals surface area (Å²) < 4.78 is 17.7. The lowest BCUT2D eigenvalue weighted by molar-refractivity contribution is 0.622. The van der Waals surface area contributed by atoms with Gasteiger partial charge in [-0.15, -0.1) is 0 Å². The minimum absolute atomic E-state index is 0.358. The maximum absolute atomic E-state index is 13.4. The lowest BCUT2D eigenvalue weighted by Gasteiger charge is -2.11. The van der Waals surface area contributed by atoms with Gasteiger partial charge in [0.15, 0.2) is 10.9 Å². The van der Waals surface area contributed by atoms with Crippen molar-refractivity contribution < 1.29 is 4.39 Å². The zero-order valence-electron chi connectivity index (χ0n) is 18.2. The molecule has 6 nitrogen and oxygen atoms in total. The Balaban J connectivity index is 1.45. The van der Waals surface area contributed by atoms with E-state index in [0.29, 0.717) is 34.1 Å². The van der Waals surface area contributed by atoms with E-state index in [0.717, 1.165) is 32.7 Å². The first-order valence-corrected chi connectivity index (χ1v) is 12.2. The van der Waals surface area contributed by atoms with E-state index in [2.05, 4.69) is 36.8 Å². The van der Waals surface area contributed by atoms with Crippen LogP contribution in [0.3, 0.4) is 0 Å². The van der Waals surface area contributed by atoms with Gasteiger partial charge in [0.25, 0.3) is 0 Å². The normalized spacial score (nSPS) is 11.0. The van der Waals surface area contributed by atoms with Crippen molar-refractivity contribution in [2.75, 3.05) is 10.6 Å². The number of hydrogen-bond acceptors (Lipinski definition) is 3. The van der Waals surface area contributed by atoms with Crippen LogP contribution in [-0.2, 0) is 13.1 Å². The molecule has 0 saturated carbocycles. The molecule has 0 aliphatic rings. The lowest BCUT2D eigenvalue weighted by atomic mass is 10.2. The minimum atomic E-state index is -0.374. The van der Waals surface area contributed by atoms with Crippen molar-refractivity contribution in [1.29, 1.82) is 0 Å². The summed E-state index contributed by atoms with van der Waals surface area (Å²) in [5.41, 5.74) is 4.15. The Morgan fingerprint density at radius 2 is 1.76 bits per heavy atom. The molecule has 2 heterocycles. The van der Waals surface area contributed by atoms with Crippen LogP contribution in [-0.4, -0.2) is 24.7 Å². The van der Waals surface area contributed by atoms with Gasteiger partial charge in [0.2, 0.25) is 0 Å². The predicted octanol–water partition coefficient (Wildman–Crippen LogP) is 6.81. The predicted molar refractivity (Wildman–Crippen MR) is 143 cm³/mol. The fraction of sp³-hybridized carbons (Fsp3) is 0.174. The zero-order valence-corrected chi connectivity index (χ0v) is 22.2. The first-order chi connectivity index (χ1) is 16.2. The summed E-state index contributed by atoms with van der Waals surface area (Å²) in [5, 5.41) is 16.9. The van der Waals surface area contributed by atoms with Gasteiger partial charge in [0.05, 0.1) is 34.6 Å². The van der Waals surface area contributed by atoms with E-state index in [1.165, 1.54) is 12.1 Å². The monoisotopic (exact) mass is 580 g/mol. The number of aromatic nitrogens is 4. The molecule has 11 heteroatoms. The molecular formula is C23H20BrCl2FN6S. The molecule has 176 valence electrons. The third-order valence-corrected chi connectivity index (χ3v) is 6.70. The SMILES string of the molecule is Cc1nn(Cc2ccc(F)cc2Cl)c(C)c1NC(=S)Nc1nn(Cc2ccccc2Cl)cc1Br. The molecule has 2 aromatic heterocycles. The summed E-state index contributed by atoms with van der Waals surface area (Å²) >= 11 is 21.5. The van der Waals surface area contributed by atoms with E-state index in [9.17, 15) is 4.39 Å². The van der Waals surface area contributed by atoms with Crippen molar-refractivity contribution in [1.82, 2.24) is 19.6 Å². The molecule has 0 atom stereocenters. The number of hydrogen-bond donors (Lipinski definition) is 2. The zero-order chi connectivity index (χ0) is 24.4. The molecule has 2 N–H and O–H groups in total. The molecule has 2 aromatic carbocycles. The molecule has 0 aliphatic heterocycles. The number of nitrogens with one attached hydrogen (secondary N) is 2. The van der Waals surface area contributed by atoms with Gasteiger partial charge in [-0.3, -0.25) is 9.36 Å². The topological polar surface area (TPSA) is 59.7 Å². The van der Waals surface area contributed by atoms with Gasteiger partial charge in [-0.2, -0.15) is 10.2 Å². The molecule has 0 bridgehead atoms. The first-order valence-electron chi connectivity index (χ1n) is 10.2. The van der Waals surface area contributed by atoms with Crippen molar-refractivity contribution in [3.63, 3.8) is 0 Å². The van der Waals surface area contributed by atoms with Crippen LogP contribution in [0, 0.1) is 19.7 Å². The van der Waals surface area contributed by atoms with E-state index < -0.39 is 0 Å². The smallest absolute Gasteiger partial charge is 0.176 e. The van der Waals surface area contributed by atoms with Crippen LogP contribution >= 0.6 is 51.3 Å². The Bertz CT molecular complexity index is 1370. The summed E-state index contributed by atoms with van der Waals surface area (Å²) in [7, 11) is 0. The fourth-order valence-electron chi connectivity index (χ4n) is 3.46. The van der Waals surface area contributed by atoms with Gasteiger partial charge in [0.1, 0.15) is 5.82 Å². The van der Waals surface area contributed by atoms with Crippen LogP contribution in [0.4, 0.5) is 15.9 Å². The average molecular weight is 582 g/mol. The van der Waals surface area contributed by atoms with Crippen molar-refractivity contribution in [2.45, 2.75) is 26.9 Å². The highest BCUT2D eigenvalue weighted by atomic mass is 79.9. The second-order valence-electron chi connectivity index (χ2n) is 7.63. The van der Waals surface area contributed by atoms with Crippen LogP contribution in [0.25, 0.3) is 0 Å². The minimum Gasteiger partial charge on any atom is -0.329 e. The van der Waals surface area contributed by atoms with E-state index in [-0.39, 0.29) is 5.82 Å². The van der Waals surface area contributed by atoms with E-state index >= 15 is 0 Å². The lowest BCUT2D eigenvalue weighted by Crippen LogP contribution is -2.20. The van der Waals surface area contributed by atoms with Crippen molar-refractivity contribution >= 4 is 68.0 Å². The largest absolute Gasteiger partial charge is 0.329 e. The van der Waals surface area contributed by atoms with Crippen molar-refractivity contribution in [3.05, 3.63) is 91.5 Å². The second-order valence-corrected chi connectivity index (χ2v) is 9.71. The van der Waals surface area contributed by atoms with Crippen LogP contribution in [0.15, 0.2) is 53.1 Å². The molecule has 0 fully saturated rings. The molecule has 4 rings (SSSR count). The van der Waals surface area contributed by atoms with Gasteiger partial charge in [0, 0.05) is 16.2 Å². The number of aryl methyl sites for hydroxylation is 1. The standard InChI is InChI=1S/C23H20BrCl2FN6S/c1-13-21(14(2)33(30-13)11-16-7-8-17(27)9-20(16)26)28-23(34)29-22-18(24)12-32(31-22)10-15-5-3-4-6-19(15)25/h3-9,12H,10-11H2,1-2H3,(H2,28,29,31,34). The van der Waals surface area contributed by atoms with E-state index in [1.807, 2.05) is 44.3 Å². The molecule has 0 saturated heterocycles. The van der Waals surface area contributed by atoms with E-state index in [4.69, 9.17) is 35.4 Å². The van der Waals surface area contributed by atoms with Crippen molar-refractivity contribution in [2.24, 2.45) is 0 Å². The Hall–Kier alpha value is -2.46. The number of thiocarbonyl (C=S) groups is 1. The van der Waals surface area contributed by atoms with E-state index in [1.54, 1.807) is 15.4 Å². The van der Waals surface area contributed by atoms with Crippen LogP contribution in [0.5, 0.6) is 0 Å². The quantitative estimate of drug-likeness (QED) is 0.245. The Labute approximate surface area is 220 Å².